The van der Waals surface area contributed by atoms with Gasteiger partial charge in [0.1, 0.15) is 0 Å². The maximum absolute atomic E-state index is 10.2. The molecule has 5 heteroatoms. The van der Waals surface area contributed by atoms with E-state index in [0.29, 0.717) is 16.7 Å². The molecule has 5 nitrogen and oxygen atoms in total. The third kappa shape index (κ3) is 4.31. The fraction of sp³-hybridized carbons (Fsp3) is 0. The van der Waals surface area contributed by atoms with Crippen molar-refractivity contribution in [2.24, 2.45) is 0 Å². The summed E-state index contributed by atoms with van der Waals surface area (Å²) in [5.41, 5.74) is 11.6. The van der Waals surface area contributed by atoms with Gasteiger partial charge in [0.25, 0.3) is 0 Å². The predicted octanol–water partition coefficient (Wildman–Crippen LogP) is 10.8. The van der Waals surface area contributed by atoms with E-state index in [0.717, 1.165) is 66.5 Å². The van der Waals surface area contributed by atoms with Gasteiger partial charge in [0, 0.05) is 38.4 Å². The Morgan fingerprint density at radius 1 is 0.400 bits per heavy atom. The first kappa shape index (κ1) is 28.8. The summed E-state index contributed by atoms with van der Waals surface area (Å²) < 4.78 is 4.45. The molecule has 50 heavy (non-hydrogen) atoms. The van der Waals surface area contributed by atoms with Gasteiger partial charge >= 0.3 is 0 Å². The van der Waals surface area contributed by atoms with E-state index < -0.39 is 0 Å². The molecule has 0 N–H and O–H groups in total. The van der Waals surface area contributed by atoms with Crippen molar-refractivity contribution in [2.75, 3.05) is 0 Å². The Morgan fingerprint density at radius 2 is 1.04 bits per heavy atom. The van der Waals surface area contributed by atoms with Gasteiger partial charge in [-0.1, -0.05) is 78.9 Å². The second-order valence-electron chi connectivity index (χ2n) is 12.3. The van der Waals surface area contributed by atoms with Crippen molar-refractivity contribution in [2.45, 2.75) is 0 Å². The van der Waals surface area contributed by atoms with Crippen LogP contribution in [0.15, 0.2) is 152 Å². The molecule has 230 valence electrons. The summed E-state index contributed by atoms with van der Waals surface area (Å²) >= 11 is 0. The lowest BCUT2D eigenvalue weighted by Crippen LogP contribution is -1.97. The molecule has 0 aliphatic carbocycles. The highest BCUT2D eigenvalue weighted by Gasteiger charge is 2.18. The molecular formula is C45H25N5. The summed E-state index contributed by atoms with van der Waals surface area (Å²) in [7, 11) is 0. The quantitative estimate of drug-likeness (QED) is 0.193. The van der Waals surface area contributed by atoms with Gasteiger partial charge in [-0.3, -0.25) is 0 Å². The second kappa shape index (κ2) is 11.4. The highest BCUT2D eigenvalue weighted by Crippen LogP contribution is 2.39. The van der Waals surface area contributed by atoms with Gasteiger partial charge in [-0.25, -0.2) is 0 Å². The Morgan fingerprint density at radius 3 is 1.76 bits per heavy atom. The number of aromatic nitrogens is 2. The van der Waals surface area contributed by atoms with Crippen LogP contribution in [0.2, 0.25) is 0 Å². The largest absolute Gasteiger partial charge is 0.309 e. The van der Waals surface area contributed by atoms with E-state index >= 15 is 0 Å². The standard InChI is InChI=1S/C45H25N5/c46-26-29-16-23-43-39(24-29)45-33(28-48)8-7-15-44(45)49(43)34-21-19-30(20-22-34)38-25-31(17-18-32(38)27-47)35-9-1-4-12-40(35)50-41-13-5-2-10-36(41)37-11-3-6-14-42(37)50/h1-25H. The first-order chi connectivity index (χ1) is 24.7. The Hall–Kier alpha value is -7.39. The van der Waals surface area contributed by atoms with Crippen LogP contribution in [0.3, 0.4) is 0 Å². The van der Waals surface area contributed by atoms with Crippen molar-refractivity contribution in [1.82, 2.24) is 9.13 Å². The molecule has 0 unspecified atom stereocenters. The number of benzene rings is 7. The molecular weight excluding hydrogens is 611 g/mol. The molecule has 2 heterocycles. The van der Waals surface area contributed by atoms with Gasteiger partial charge in [0.05, 0.1) is 62.7 Å². The number of rotatable bonds is 4. The van der Waals surface area contributed by atoms with Gasteiger partial charge in [-0.15, -0.1) is 0 Å². The third-order valence-electron chi connectivity index (χ3n) is 9.65. The average molecular weight is 636 g/mol. The number of fused-ring (bicyclic) bond motifs is 6. The van der Waals surface area contributed by atoms with Gasteiger partial charge in [0.15, 0.2) is 0 Å². The number of nitrogens with zero attached hydrogens (tertiary/aromatic N) is 5. The molecule has 7 aromatic carbocycles. The van der Waals surface area contributed by atoms with Gasteiger partial charge in [-0.05, 0) is 83.9 Å². The van der Waals surface area contributed by atoms with Crippen molar-refractivity contribution in [1.29, 1.82) is 15.8 Å². The van der Waals surface area contributed by atoms with Crippen LogP contribution in [0.4, 0.5) is 0 Å². The summed E-state index contributed by atoms with van der Waals surface area (Å²) in [6.45, 7) is 0. The molecule has 0 atom stereocenters. The van der Waals surface area contributed by atoms with Crippen molar-refractivity contribution in [3.05, 3.63) is 168 Å². The van der Waals surface area contributed by atoms with E-state index in [4.69, 9.17) is 0 Å². The molecule has 0 fully saturated rings. The van der Waals surface area contributed by atoms with Crippen molar-refractivity contribution in [3.63, 3.8) is 0 Å². The molecule has 2 aromatic heterocycles. The Kier molecular flexibility index (Phi) is 6.56. The van der Waals surface area contributed by atoms with Crippen LogP contribution >= 0.6 is 0 Å². The van der Waals surface area contributed by atoms with Gasteiger partial charge in [-0.2, -0.15) is 15.8 Å². The Labute approximate surface area is 287 Å². The van der Waals surface area contributed by atoms with Crippen LogP contribution < -0.4 is 0 Å². The van der Waals surface area contributed by atoms with Crippen LogP contribution in [0.1, 0.15) is 16.7 Å². The summed E-state index contributed by atoms with van der Waals surface area (Å²) in [4.78, 5) is 0. The zero-order valence-electron chi connectivity index (χ0n) is 26.7. The molecule has 9 rings (SSSR count). The lowest BCUT2D eigenvalue weighted by atomic mass is 9.94. The fourth-order valence-corrected chi connectivity index (χ4v) is 7.44. The van der Waals surface area contributed by atoms with E-state index in [1.54, 1.807) is 6.07 Å². The minimum atomic E-state index is 0.545. The number of hydrogen-bond acceptors (Lipinski definition) is 3. The van der Waals surface area contributed by atoms with Crippen molar-refractivity contribution in [3.8, 4) is 51.8 Å². The normalized spacial score (nSPS) is 11.1. The Balaban J connectivity index is 1.19. The van der Waals surface area contributed by atoms with E-state index in [-0.39, 0.29) is 0 Å². The molecule has 0 aliphatic heterocycles. The Bertz CT molecular complexity index is 2900. The molecule has 0 amide bonds. The smallest absolute Gasteiger partial charge is 0.0998 e. The van der Waals surface area contributed by atoms with Gasteiger partial charge in [0.2, 0.25) is 0 Å². The lowest BCUT2D eigenvalue weighted by Gasteiger charge is -2.15. The number of nitriles is 3. The summed E-state index contributed by atoms with van der Waals surface area (Å²) in [5, 5.41) is 33.8. The van der Waals surface area contributed by atoms with E-state index in [1.165, 1.54) is 10.8 Å². The van der Waals surface area contributed by atoms with E-state index in [2.05, 4.69) is 106 Å². The minimum absolute atomic E-state index is 0.545. The fourth-order valence-electron chi connectivity index (χ4n) is 7.44. The first-order valence-corrected chi connectivity index (χ1v) is 16.3. The van der Waals surface area contributed by atoms with E-state index in [1.807, 2.05) is 66.7 Å². The van der Waals surface area contributed by atoms with Crippen LogP contribution in [0.5, 0.6) is 0 Å². The lowest BCUT2D eigenvalue weighted by molar-refractivity contribution is 1.18. The maximum atomic E-state index is 10.2. The molecule has 0 radical (unpaired) electrons. The highest BCUT2D eigenvalue weighted by atomic mass is 15.0. The third-order valence-corrected chi connectivity index (χ3v) is 9.65. The van der Waals surface area contributed by atoms with Crippen LogP contribution in [0, 0.1) is 34.0 Å². The van der Waals surface area contributed by atoms with Crippen LogP contribution in [-0.2, 0) is 0 Å². The van der Waals surface area contributed by atoms with Crippen LogP contribution in [-0.4, -0.2) is 9.13 Å². The van der Waals surface area contributed by atoms with Crippen molar-refractivity contribution >= 4 is 43.6 Å². The van der Waals surface area contributed by atoms with E-state index in [9.17, 15) is 15.8 Å². The monoisotopic (exact) mass is 635 g/mol. The maximum Gasteiger partial charge on any atom is 0.0998 e. The highest BCUT2D eigenvalue weighted by molar-refractivity contribution is 6.12. The molecule has 0 bridgehead atoms. The summed E-state index contributed by atoms with van der Waals surface area (Å²) in [6, 6.07) is 57.9. The SMILES string of the molecule is N#Cc1ccc2c(c1)c1c(C#N)cccc1n2-c1ccc(-c2cc(-c3ccccc3-n3c4ccccc4c4ccccc43)ccc2C#N)cc1. The second-order valence-corrected chi connectivity index (χ2v) is 12.3. The number of hydrogen-bond donors (Lipinski definition) is 0. The van der Waals surface area contributed by atoms with Gasteiger partial charge < -0.3 is 9.13 Å². The summed E-state index contributed by atoms with van der Waals surface area (Å²) in [6.07, 6.45) is 0. The predicted molar refractivity (Wildman–Crippen MR) is 200 cm³/mol. The average Bonchev–Trinajstić information content (AvgIpc) is 3.70. The zero-order chi connectivity index (χ0) is 33.8. The topological polar surface area (TPSA) is 81.2 Å². The molecule has 0 aliphatic rings. The molecule has 0 saturated carbocycles. The molecule has 0 spiro atoms. The molecule has 0 saturated heterocycles. The first-order valence-electron chi connectivity index (χ1n) is 16.3. The summed E-state index contributed by atoms with van der Waals surface area (Å²) in [5.74, 6) is 0. The van der Waals surface area contributed by atoms with Crippen molar-refractivity contribution < 1.29 is 0 Å². The van der Waals surface area contributed by atoms with Crippen LogP contribution in [0.25, 0.3) is 77.2 Å². The molecule has 9 aromatic rings. The minimum Gasteiger partial charge on any atom is -0.309 e. The zero-order valence-corrected chi connectivity index (χ0v) is 26.7. The number of para-hydroxylation sites is 3.